The number of hydrogen-bond donors (Lipinski definition) is 3. The monoisotopic (exact) mass is 429 g/mol. The first-order chi connectivity index (χ1) is 12.7. The second-order valence-corrected chi connectivity index (χ2v) is 5.35. The molecule has 0 aliphatic heterocycles. The molecule has 0 aliphatic carbocycles. The Bertz CT molecular complexity index is 854. The number of alkyl halides is 6. The summed E-state index contributed by atoms with van der Waals surface area (Å²) < 4.78 is 70.5. The van der Waals surface area contributed by atoms with Crippen LogP contribution in [0.4, 0.5) is 37.7 Å². The number of nitrogens with zero attached hydrogens (tertiary/aromatic N) is 1. The number of anilines is 2. The number of amides is 1. The molecule has 1 amide bonds. The highest BCUT2D eigenvalue weighted by Gasteiger charge is 2.38. The van der Waals surface area contributed by atoms with Gasteiger partial charge in [-0.3, -0.25) is 4.79 Å². The maximum atomic E-state index is 12.9. The van der Waals surface area contributed by atoms with Crippen molar-refractivity contribution in [3.05, 3.63) is 52.8 Å². The Morgan fingerprint density at radius 3 is 2.04 bits per heavy atom. The number of carbonyl (C=O) groups is 2. The number of halogens is 7. The molecule has 0 spiro atoms. The lowest BCUT2D eigenvalue weighted by molar-refractivity contribution is -0.192. The molecule has 28 heavy (non-hydrogen) atoms. The summed E-state index contributed by atoms with van der Waals surface area (Å²) in [7, 11) is 0. The number of nitrogens with two attached hydrogens (primary N) is 1. The van der Waals surface area contributed by atoms with Gasteiger partial charge in [-0.05, 0) is 30.3 Å². The van der Waals surface area contributed by atoms with E-state index in [2.05, 4.69) is 10.3 Å². The van der Waals surface area contributed by atoms with Crippen molar-refractivity contribution in [1.82, 2.24) is 4.98 Å². The zero-order chi connectivity index (χ0) is 21.7. The number of aliphatic carboxylic acids is 1. The van der Waals surface area contributed by atoms with Gasteiger partial charge in [-0.2, -0.15) is 26.3 Å². The molecule has 0 saturated heterocycles. The predicted octanol–water partition coefficient (Wildman–Crippen LogP) is 4.23. The fourth-order valence-electron chi connectivity index (χ4n) is 1.63. The smallest absolute Gasteiger partial charge is 0.475 e. The lowest BCUT2D eigenvalue weighted by Gasteiger charge is -2.14. The van der Waals surface area contributed by atoms with E-state index in [1.165, 1.54) is 30.5 Å². The Morgan fingerprint density at radius 2 is 1.64 bits per heavy atom. The molecular formula is C15H10ClF6N3O3. The molecule has 0 bridgehead atoms. The second-order valence-electron chi connectivity index (χ2n) is 4.91. The molecule has 6 nitrogen and oxygen atoms in total. The van der Waals surface area contributed by atoms with Gasteiger partial charge in [-0.15, -0.1) is 0 Å². The molecule has 152 valence electrons. The second kappa shape index (κ2) is 8.78. The molecule has 0 unspecified atom stereocenters. The lowest BCUT2D eigenvalue weighted by Crippen LogP contribution is -2.21. The van der Waals surface area contributed by atoms with Crippen molar-refractivity contribution < 1.29 is 41.0 Å². The number of nitrogens with one attached hydrogen (secondary N) is 1. The van der Waals surface area contributed by atoms with Gasteiger partial charge in [-0.25, -0.2) is 9.78 Å². The Labute approximate surface area is 157 Å². The summed E-state index contributed by atoms with van der Waals surface area (Å²) in [6.07, 6.45) is -8.41. The van der Waals surface area contributed by atoms with Crippen LogP contribution in [-0.2, 0) is 11.0 Å². The van der Waals surface area contributed by atoms with Gasteiger partial charge in [-0.1, -0.05) is 11.6 Å². The van der Waals surface area contributed by atoms with Gasteiger partial charge in [0.2, 0.25) is 0 Å². The van der Waals surface area contributed by atoms with Crippen molar-refractivity contribution in [3.8, 4) is 0 Å². The highest BCUT2D eigenvalue weighted by Crippen LogP contribution is 2.37. The number of pyridine rings is 1. The van der Waals surface area contributed by atoms with Crippen molar-refractivity contribution >= 4 is 34.9 Å². The first kappa shape index (κ1) is 23.0. The third-order valence-electron chi connectivity index (χ3n) is 2.82. The molecule has 13 heteroatoms. The van der Waals surface area contributed by atoms with Gasteiger partial charge in [0.25, 0.3) is 5.91 Å². The van der Waals surface area contributed by atoms with E-state index in [-0.39, 0.29) is 22.1 Å². The topological polar surface area (TPSA) is 105 Å². The van der Waals surface area contributed by atoms with Crippen LogP contribution in [0.1, 0.15) is 16.1 Å². The zero-order valence-electron chi connectivity index (χ0n) is 13.4. The summed E-state index contributed by atoms with van der Waals surface area (Å²) in [5.41, 5.74) is 4.27. The average molecular weight is 430 g/mol. The third kappa shape index (κ3) is 6.95. The molecular weight excluding hydrogens is 420 g/mol. The van der Waals surface area contributed by atoms with E-state index in [1.807, 2.05) is 0 Å². The molecule has 2 aromatic rings. The minimum atomic E-state index is -5.08. The summed E-state index contributed by atoms with van der Waals surface area (Å²) in [5, 5.41) is 9.69. The summed E-state index contributed by atoms with van der Waals surface area (Å²) in [4.78, 5) is 23.5. The maximum absolute atomic E-state index is 12.9. The summed E-state index contributed by atoms with van der Waals surface area (Å²) in [6, 6.07) is 6.10. The first-order valence-electron chi connectivity index (χ1n) is 6.91. The molecule has 1 aromatic carbocycles. The van der Waals surface area contributed by atoms with E-state index in [0.29, 0.717) is 0 Å². The van der Waals surface area contributed by atoms with Crippen LogP contribution in [0, 0.1) is 0 Å². The SMILES string of the molecule is NC(=O)c1ccc(Nc2ccc(Cl)cc2C(F)(F)F)cn1.O=C(O)C(F)(F)F. The third-order valence-corrected chi connectivity index (χ3v) is 3.06. The number of benzene rings is 1. The van der Waals surface area contributed by atoms with Gasteiger partial charge >= 0.3 is 18.3 Å². The van der Waals surface area contributed by atoms with Gasteiger partial charge in [0.15, 0.2) is 0 Å². The molecule has 1 aromatic heterocycles. The number of carboxylic acid groups (broad SMARTS) is 1. The van der Waals surface area contributed by atoms with Crippen molar-refractivity contribution in [2.45, 2.75) is 12.4 Å². The first-order valence-corrected chi connectivity index (χ1v) is 7.29. The van der Waals surface area contributed by atoms with Crippen LogP contribution in [0.2, 0.25) is 5.02 Å². The van der Waals surface area contributed by atoms with Crippen LogP contribution >= 0.6 is 11.6 Å². The number of carbonyl (C=O) groups excluding carboxylic acids is 1. The van der Waals surface area contributed by atoms with Crippen molar-refractivity contribution in [1.29, 1.82) is 0 Å². The van der Waals surface area contributed by atoms with E-state index in [9.17, 15) is 31.1 Å². The van der Waals surface area contributed by atoms with Crippen LogP contribution in [0.25, 0.3) is 0 Å². The molecule has 0 radical (unpaired) electrons. The molecule has 0 fully saturated rings. The fraction of sp³-hybridized carbons (Fsp3) is 0.133. The van der Waals surface area contributed by atoms with Crippen molar-refractivity contribution in [2.75, 3.05) is 5.32 Å². The Hall–Kier alpha value is -3.02. The zero-order valence-corrected chi connectivity index (χ0v) is 14.2. The highest BCUT2D eigenvalue weighted by molar-refractivity contribution is 6.30. The summed E-state index contributed by atoms with van der Waals surface area (Å²) in [5.74, 6) is -3.48. The van der Waals surface area contributed by atoms with E-state index in [4.69, 9.17) is 27.2 Å². The molecule has 0 aliphatic rings. The summed E-state index contributed by atoms with van der Waals surface area (Å²) in [6.45, 7) is 0. The van der Waals surface area contributed by atoms with Crippen LogP contribution in [0.15, 0.2) is 36.5 Å². The number of hydrogen-bond acceptors (Lipinski definition) is 4. The lowest BCUT2D eigenvalue weighted by atomic mass is 10.1. The molecule has 1 heterocycles. The number of rotatable bonds is 3. The van der Waals surface area contributed by atoms with Crippen LogP contribution in [0.5, 0.6) is 0 Å². The average Bonchev–Trinajstić information content (AvgIpc) is 2.55. The van der Waals surface area contributed by atoms with Crippen LogP contribution in [-0.4, -0.2) is 28.1 Å². The molecule has 0 saturated carbocycles. The van der Waals surface area contributed by atoms with E-state index in [1.54, 1.807) is 0 Å². The van der Waals surface area contributed by atoms with Crippen molar-refractivity contribution in [3.63, 3.8) is 0 Å². The highest BCUT2D eigenvalue weighted by atomic mass is 35.5. The van der Waals surface area contributed by atoms with E-state index < -0.39 is 29.8 Å². The Kier molecular flexibility index (Phi) is 7.22. The fourth-order valence-corrected chi connectivity index (χ4v) is 1.80. The number of carboxylic acids is 1. The molecule has 2 rings (SSSR count). The van der Waals surface area contributed by atoms with Gasteiger partial charge in [0.1, 0.15) is 5.69 Å². The summed E-state index contributed by atoms with van der Waals surface area (Å²) >= 11 is 5.59. The number of aromatic nitrogens is 1. The van der Waals surface area contributed by atoms with Gasteiger partial charge in [0.05, 0.1) is 23.1 Å². The maximum Gasteiger partial charge on any atom is 0.490 e. The molecule has 4 N–H and O–H groups in total. The van der Waals surface area contributed by atoms with Crippen LogP contribution in [0.3, 0.4) is 0 Å². The van der Waals surface area contributed by atoms with Crippen molar-refractivity contribution in [2.24, 2.45) is 5.73 Å². The number of primary amides is 1. The predicted molar refractivity (Wildman–Crippen MR) is 86.2 cm³/mol. The molecule has 0 atom stereocenters. The minimum Gasteiger partial charge on any atom is -0.475 e. The van der Waals surface area contributed by atoms with Gasteiger partial charge < -0.3 is 16.2 Å². The van der Waals surface area contributed by atoms with Crippen LogP contribution < -0.4 is 11.1 Å². The van der Waals surface area contributed by atoms with Gasteiger partial charge in [0, 0.05) is 5.02 Å². The quantitative estimate of drug-likeness (QED) is 0.633. The largest absolute Gasteiger partial charge is 0.490 e. The Morgan fingerprint density at radius 1 is 1.07 bits per heavy atom. The Balaban J connectivity index is 0.000000480. The van der Waals surface area contributed by atoms with E-state index in [0.717, 1.165) is 6.07 Å². The normalized spacial score (nSPS) is 11.2. The van der Waals surface area contributed by atoms with E-state index >= 15 is 0 Å². The minimum absolute atomic E-state index is 0.0184. The standard InChI is InChI=1S/C13H9ClF3N3O.C2HF3O2/c14-7-1-3-10(9(5-7)13(15,16)17)20-8-2-4-11(12(18)21)19-6-8;3-2(4,5)1(6)7/h1-6,20H,(H2,18,21);(H,6,7).